The lowest BCUT2D eigenvalue weighted by Gasteiger charge is -2.56. The van der Waals surface area contributed by atoms with E-state index in [4.69, 9.17) is 9.47 Å². The van der Waals surface area contributed by atoms with E-state index in [2.05, 4.69) is 0 Å². The Morgan fingerprint density at radius 1 is 1.06 bits per heavy atom. The molecule has 10 heteroatoms. The fraction of sp³-hybridized carbons (Fsp3) is 0.654. The van der Waals surface area contributed by atoms with Gasteiger partial charge in [0.15, 0.2) is 0 Å². The molecule has 1 N–H and O–H groups in total. The molecule has 1 aromatic carbocycles. The Balaban J connectivity index is 1.75. The average Bonchev–Trinajstić information content (AvgIpc) is 2.77. The zero-order valence-corrected chi connectivity index (χ0v) is 21.0. The molecule has 3 aliphatic rings. The van der Waals surface area contributed by atoms with Crippen LogP contribution in [0.1, 0.15) is 70.9 Å². The molecule has 198 valence electrons. The van der Waals surface area contributed by atoms with Crippen molar-refractivity contribution in [3.8, 4) is 0 Å². The van der Waals surface area contributed by atoms with E-state index in [1.54, 1.807) is 20.8 Å². The highest BCUT2D eigenvalue weighted by atomic mass is 19.1. The van der Waals surface area contributed by atoms with Crippen LogP contribution >= 0.6 is 0 Å². The summed E-state index contributed by atoms with van der Waals surface area (Å²) in [7, 11) is 0. The third-order valence-electron chi connectivity index (χ3n) is 7.79. The maximum atomic E-state index is 14.1. The van der Waals surface area contributed by atoms with E-state index in [1.807, 2.05) is 0 Å². The van der Waals surface area contributed by atoms with E-state index < -0.39 is 53.3 Å². The van der Waals surface area contributed by atoms with Gasteiger partial charge in [-0.25, -0.2) is 13.6 Å². The van der Waals surface area contributed by atoms with Crippen LogP contribution in [0, 0.1) is 17.0 Å². The first-order chi connectivity index (χ1) is 16.8. The van der Waals surface area contributed by atoms with Crippen LogP contribution in [-0.4, -0.2) is 70.3 Å². The summed E-state index contributed by atoms with van der Waals surface area (Å²) in [5.74, 6) is -3.48. The van der Waals surface area contributed by atoms with Gasteiger partial charge in [-0.3, -0.25) is 14.5 Å². The van der Waals surface area contributed by atoms with E-state index in [-0.39, 0.29) is 17.5 Å². The van der Waals surface area contributed by atoms with Crippen molar-refractivity contribution in [2.75, 3.05) is 26.3 Å². The molecule has 1 atom stereocenters. The quantitative estimate of drug-likeness (QED) is 0.655. The Kier molecular flexibility index (Phi) is 7.02. The van der Waals surface area contributed by atoms with Gasteiger partial charge in [0, 0.05) is 25.8 Å². The monoisotopic (exact) mass is 508 g/mol. The number of rotatable bonds is 3. The van der Waals surface area contributed by atoms with Gasteiger partial charge < -0.3 is 19.5 Å². The molecule has 8 nitrogen and oxygen atoms in total. The fourth-order valence-corrected chi connectivity index (χ4v) is 5.90. The number of hydrogen-bond donors (Lipinski definition) is 1. The van der Waals surface area contributed by atoms with Crippen molar-refractivity contribution in [1.82, 2.24) is 9.80 Å². The smallest absolute Gasteiger partial charge is 0.411 e. The summed E-state index contributed by atoms with van der Waals surface area (Å²) in [6.45, 7) is 5.67. The standard InChI is InChI=1S/C26H34F2N2O6/c1-24(2,3)36-23(34)30-15-20(17-12-18(27)14-19(28)13-17)29(16-21(31)32)22(33)26(30)6-4-25(5-7-26)8-10-35-11-9-25/h12-14,20H,4-11,15-16H2,1-3H3,(H,31,32)/t20-/m0/s1. The van der Waals surface area contributed by atoms with Crippen molar-refractivity contribution in [1.29, 1.82) is 0 Å². The lowest BCUT2D eigenvalue weighted by Crippen LogP contribution is -2.70. The van der Waals surface area contributed by atoms with Crippen molar-refractivity contribution in [2.24, 2.45) is 5.41 Å². The minimum atomic E-state index is -1.29. The Hall–Kier alpha value is -2.75. The fourth-order valence-electron chi connectivity index (χ4n) is 5.90. The molecule has 2 spiro atoms. The number of hydrogen-bond acceptors (Lipinski definition) is 5. The van der Waals surface area contributed by atoms with E-state index in [9.17, 15) is 28.3 Å². The van der Waals surface area contributed by atoms with Gasteiger partial charge in [-0.1, -0.05) is 0 Å². The van der Waals surface area contributed by atoms with E-state index in [0.29, 0.717) is 45.0 Å². The molecule has 0 aromatic heterocycles. The number of ether oxygens (including phenoxy) is 2. The molecule has 2 heterocycles. The summed E-state index contributed by atoms with van der Waals surface area (Å²) in [5.41, 5.74) is -2.02. The maximum Gasteiger partial charge on any atom is 0.411 e. The number of carboxylic acid groups (broad SMARTS) is 1. The van der Waals surface area contributed by atoms with Gasteiger partial charge in [0.05, 0.1) is 6.04 Å². The maximum absolute atomic E-state index is 14.1. The number of benzene rings is 1. The molecule has 1 aliphatic carbocycles. The van der Waals surface area contributed by atoms with E-state index in [1.165, 1.54) is 4.90 Å². The summed E-state index contributed by atoms with van der Waals surface area (Å²) in [5, 5.41) is 9.61. The molecular weight excluding hydrogens is 474 g/mol. The van der Waals surface area contributed by atoms with E-state index in [0.717, 1.165) is 29.9 Å². The molecule has 2 amide bonds. The number of nitrogens with zero attached hydrogens (tertiary/aromatic N) is 2. The van der Waals surface area contributed by atoms with Gasteiger partial charge in [-0.2, -0.15) is 0 Å². The molecular formula is C26H34F2N2O6. The number of piperazine rings is 1. The van der Waals surface area contributed by atoms with Gasteiger partial charge in [-0.05, 0) is 82.4 Å². The molecule has 36 heavy (non-hydrogen) atoms. The topological polar surface area (TPSA) is 96.4 Å². The molecule has 1 saturated carbocycles. The van der Waals surface area contributed by atoms with Crippen LogP contribution in [0.5, 0.6) is 0 Å². The van der Waals surface area contributed by atoms with Gasteiger partial charge in [0.2, 0.25) is 5.91 Å². The number of carbonyl (C=O) groups excluding carboxylic acids is 2. The van der Waals surface area contributed by atoms with Crippen molar-refractivity contribution in [3.05, 3.63) is 35.4 Å². The molecule has 3 fully saturated rings. The molecule has 0 radical (unpaired) electrons. The largest absolute Gasteiger partial charge is 0.480 e. The van der Waals surface area contributed by atoms with Crippen LogP contribution in [0.2, 0.25) is 0 Å². The number of carbonyl (C=O) groups is 3. The molecule has 4 rings (SSSR count). The zero-order chi connectivity index (χ0) is 26.3. The minimum absolute atomic E-state index is 0.0174. The van der Waals surface area contributed by atoms with Crippen LogP contribution in [0.4, 0.5) is 13.6 Å². The third-order valence-corrected chi connectivity index (χ3v) is 7.79. The Labute approximate surface area is 209 Å². The second-order valence-corrected chi connectivity index (χ2v) is 11.3. The SMILES string of the molecule is CC(C)(C)OC(=O)N1C[C@@H](c2cc(F)cc(F)c2)N(CC(=O)O)C(=O)C12CCC1(CCOCC1)CC2. The number of aliphatic carboxylic acids is 1. The normalized spacial score (nSPS) is 23.7. The predicted octanol–water partition coefficient (Wildman–Crippen LogP) is 4.28. The first-order valence-electron chi connectivity index (χ1n) is 12.4. The number of halogens is 2. The van der Waals surface area contributed by atoms with Gasteiger partial charge >= 0.3 is 12.1 Å². The second-order valence-electron chi connectivity index (χ2n) is 11.3. The van der Waals surface area contributed by atoms with Crippen molar-refractivity contribution in [3.63, 3.8) is 0 Å². The van der Waals surface area contributed by atoms with Gasteiger partial charge in [0.1, 0.15) is 29.3 Å². The zero-order valence-electron chi connectivity index (χ0n) is 21.0. The first-order valence-corrected chi connectivity index (χ1v) is 12.4. The van der Waals surface area contributed by atoms with Crippen LogP contribution in [0.3, 0.4) is 0 Å². The van der Waals surface area contributed by atoms with Crippen LogP contribution in [-0.2, 0) is 19.1 Å². The molecule has 1 aromatic rings. The molecule has 0 unspecified atom stereocenters. The predicted molar refractivity (Wildman–Crippen MR) is 125 cm³/mol. The molecule has 2 saturated heterocycles. The van der Waals surface area contributed by atoms with Crippen molar-refractivity contribution in [2.45, 2.75) is 76.5 Å². The lowest BCUT2D eigenvalue weighted by molar-refractivity contribution is -0.167. The summed E-state index contributed by atoms with van der Waals surface area (Å²) in [6, 6.07) is 1.80. The highest BCUT2D eigenvalue weighted by molar-refractivity contribution is 5.93. The Morgan fingerprint density at radius 2 is 1.64 bits per heavy atom. The lowest BCUT2D eigenvalue weighted by atomic mass is 9.62. The molecule has 2 aliphatic heterocycles. The Morgan fingerprint density at radius 3 is 2.17 bits per heavy atom. The highest BCUT2D eigenvalue weighted by Gasteiger charge is 2.58. The number of amides is 2. The van der Waals surface area contributed by atoms with Crippen molar-refractivity contribution < 1.29 is 37.7 Å². The Bertz CT molecular complexity index is 1000. The van der Waals surface area contributed by atoms with Gasteiger partial charge in [-0.15, -0.1) is 0 Å². The first kappa shape index (κ1) is 26.3. The van der Waals surface area contributed by atoms with Crippen LogP contribution in [0.15, 0.2) is 18.2 Å². The average molecular weight is 509 g/mol. The highest BCUT2D eigenvalue weighted by Crippen LogP contribution is 2.52. The van der Waals surface area contributed by atoms with E-state index >= 15 is 0 Å². The second kappa shape index (κ2) is 9.61. The van der Waals surface area contributed by atoms with Crippen LogP contribution < -0.4 is 0 Å². The summed E-state index contributed by atoms with van der Waals surface area (Å²) < 4.78 is 39.4. The van der Waals surface area contributed by atoms with Crippen LogP contribution in [0.25, 0.3) is 0 Å². The number of carboxylic acids is 1. The third kappa shape index (κ3) is 5.19. The summed E-state index contributed by atoms with van der Waals surface area (Å²) in [4.78, 5) is 42.0. The summed E-state index contributed by atoms with van der Waals surface area (Å²) in [6.07, 6.45) is 3.11. The summed E-state index contributed by atoms with van der Waals surface area (Å²) >= 11 is 0. The van der Waals surface area contributed by atoms with Gasteiger partial charge in [0.25, 0.3) is 0 Å². The molecule has 0 bridgehead atoms. The van der Waals surface area contributed by atoms with Crippen molar-refractivity contribution >= 4 is 18.0 Å². The minimum Gasteiger partial charge on any atom is -0.480 e.